The van der Waals surface area contributed by atoms with Gasteiger partial charge in [-0.15, -0.1) is 0 Å². The highest BCUT2D eigenvalue weighted by Gasteiger charge is 2.28. The quantitative estimate of drug-likeness (QED) is 0.773. The van der Waals surface area contributed by atoms with Gasteiger partial charge in [-0.1, -0.05) is 0 Å². The molecule has 1 N–H and O–H groups in total. The largest absolute Gasteiger partial charge is 0.466 e. The number of ether oxygens (including phenoxy) is 1. The Hall–Kier alpha value is -1.53. The summed E-state index contributed by atoms with van der Waals surface area (Å²) in [6.45, 7) is 4.57. The fraction of sp³-hybridized carbons (Fsp3) is 0.643. The molecule has 1 aliphatic rings. The molecular formula is C14H21N3O3. The third-order valence-corrected chi connectivity index (χ3v) is 3.74. The van der Waals surface area contributed by atoms with Crippen LogP contribution in [0.1, 0.15) is 30.3 Å². The molecule has 6 heteroatoms. The molecule has 1 aromatic heterocycles. The summed E-state index contributed by atoms with van der Waals surface area (Å²) in [5.41, 5.74) is 1.75. The second kappa shape index (κ2) is 7.31. The number of hydrogen-bond donors (Lipinski definition) is 1. The smallest absolute Gasteiger partial charge is 0.293 e. The van der Waals surface area contributed by atoms with Gasteiger partial charge in [0.2, 0.25) is 0 Å². The van der Waals surface area contributed by atoms with Crippen LogP contribution in [0.2, 0.25) is 0 Å². The average Bonchev–Trinajstić information content (AvgIpc) is 2.48. The number of aryl methyl sites for hydroxylation is 1. The molecular weight excluding hydrogens is 258 g/mol. The van der Waals surface area contributed by atoms with Crippen molar-refractivity contribution in [2.24, 2.45) is 5.92 Å². The van der Waals surface area contributed by atoms with Crippen molar-refractivity contribution in [3.05, 3.63) is 23.8 Å². The Morgan fingerprint density at radius 3 is 3.15 bits per heavy atom. The SMILES string of the molecule is Cc1cc(C(COC=O)N2CCCC(CO)C2)ncn1. The van der Waals surface area contributed by atoms with Gasteiger partial charge in [0.1, 0.15) is 12.9 Å². The third kappa shape index (κ3) is 3.74. The topological polar surface area (TPSA) is 75.5 Å². The van der Waals surface area contributed by atoms with E-state index in [9.17, 15) is 9.90 Å². The molecule has 1 fully saturated rings. The van der Waals surface area contributed by atoms with Gasteiger partial charge in [0, 0.05) is 18.8 Å². The van der Waals surface area contributed by atoms with Gasteiger partial charge >= 0.3 is 0 Å². The van der Waals surface area contributed by atoms with E-state index < -0.39 is 0 Å². The van der Waals surface area contributed by atoms with Crippen LogP contribution in [0.3, 0.4) is 0 Å². The molecule has 0 saturated carbocycles. The van der Waals surface area contributed by atoms with Crippen molar-refractivity contribution in [3.8, 4) is 0 Å². The summed E-state index contributed by atoms with van der Waals surface area (Å²) in [4.78, 5) is 21.1. The third-order valence-electron chi connectivity index (χ3n) is 3.74. The standard InChI is InChI=1S/C14H21N3O3/c1-11-5-13(16-9-15-11)14(8-20-10-19)17-4-2-3-12(6-17)7-18/h5,9-10,12,14,18H,2-4,6-8H2,1H3. The van der Waals surface area contributed by atoms with Crippen molar-refractivity contribution < 1.29 is 14.6 Å². The minimum absolute atomic E-state index is 0.0729. The molecule has 2 unspecified atom stereocenters. The van der Waals surface area contributed by atoms with Crippen LogP contribution in [-0.4, -0.2) is 52.7 Å². The summed E-state index contributed by atoms with van der Waals surface area (Å²) in [5.74, 6) is 0.283. The van der Waals surface area contributed by atoms with E-state index in [-0.39, 0.29) is 25.2 Å². The van der Waals surface area contributed by atoms with Crippen molar-refractivity contribution in [2.75, 3.05) is 26.3 Å². The fourth-order valence-electron chi connectivity index (χ4n) is 2.70. The van der Waals surface area contributed by atoms with Crippen LogP contribution in [0, 0.1) is 12.8 Å². The number of hydrogen-bond acceptors (Lipinski definition) is 6. The first-order valence-corrected chi connectivity index (χ1v) is 6.93. The number of carbonyl (C=O) groups is 1. The van der Waals surface area contributed by atoms with Crippen molar-refractivity contribution in [1.82, 2.24) is 14.9 Å². The molecule has 1 aliphatic heterocycles. The Labute approximate surface area is 118 Å². The second-order valence-electron chi connectivity index (χ2n) is 5.22. The van der Waals surface area contributed by atoms with Crippen LogP contribution in [0.25, 0.3) is 0 Å². The number of carbonyl (C=O) groups excluding carboxylic acids is 1. The summed E-state index contributed by atoms with van der Waals surface area (Å²) in [7, 11) is 0. The number of aromatic nitrogens is 2. The lowest BCUT2D eigenvalue weighted by atomic mass is 9.97. The monoisotopic (exact) mass is 279 g/mol. The Balaban J connectivity index is 2.15. The maximum Gasteiger partial charge on any atom is 0.293 e. The Bertz CT molecular complexity index is 441. The first-order chi connectivity index (χ1) is 9.74. The molecule has 2 rings (SSSR count). The molecule has 20 heavy (non-hydrogen) atoms. The normalized spacial score (nSPS) is 21.4. The molecule has 0 bridgehead atoms. The fourth-order valence-corrected chi connectivity index (χ4v) is 2.70. The minimum Gasteiger partial charge on any atom is -0.466 e. The van der Waals surface area contributed by atoms with Gasteiger partial charge in [-0.25, -0.2) is 9.97 Å². The molecule has 1 saturated heterocycles. The molecule has 0 spiro atoms. The lowest BCUT2D eigenvalue weighted by Crippen LogP contribution is -2.41. The molecule has 110 valence electrons. The van der Waals surface area contributed by atoms with E-state index in [0.29, 0.717) is 6.47 Å². The van der Waals surface area contributed by atoms with E-state index in [1.54, 1.807) is 0 Å². The zero-order valence-corrected chi connectivity index (χ0v) is 11.7. The van der Waals surface area contributed by atoms with E-state index >= 15 is 0 Å². The van der Waals surface area contributed by atoms with Gasteiger partial charge in [-0.2, -0.15) is 0 Å². The van der Waals surface area contributed by atoms with Gasteiger partial charge in [-0.05, 0) is 38.3 Å². The summed E-state index contributed by atoms with van der Waals surface area (Å²) in [5, 5.41) is 9.34. The van der Waals surface area contributed by atoms with Gasteiger partial charge in [0.15, 0.2) is 0 Å². The van der Waals surface area contributed by atoms with Crippen molar-refractivity contribution in [3.63, 3.8) is 0 Å². The van der Waals surface area contributed by atoms with Crippen LogP contribution in [-0.2, 0) is 9.53 Å². The molecule has 2 atom stereocenters. The molecule has 0 aliphatic carbocycles. The summed E-state index contributed by atoms with van der Waals surface area (Å²) >= 11 is 0. The first-order valence-electron chi connectivity index (χ1n) is 6.93. The predicted octanol–water partition coefficient (Wildman–Crippen LogP) is 0.703. The predicted molar refractivity (Wildman–Crippen MR) is 72.9 cm³/mol. The van der Waals surface area contributed by atoms with E-state index in [1.165, 1.54) is 6.33 Å². The maximum absolute atomic E-state index is 10.5. The van der Waals surface area contributed by atoms with Crippen LogP contribution in [0.15, 0.2) is 12.4 Å². The van der Waals surface area contributed by atoms with Crippen LogP contribution in [0.4, 0.5) is 0 Å². The molecule has 1 aromatic rings. The second-order valence-corrected chi connectivity index (χ2v) is 5.22. The minimum atomic E-state index is -0.0729. The van der Waals surface area contributed by atoms with E-state index in [2.05, 4.69) is 14.9 Å². The van der Waals surface area contributed by atoms with Crippen LogP contribution in [0.5, 0.6) is 0 Å². The Kier molecular flexibility index (Phi) is 5.43. The number of aliphatic hydroxyl groups excluding tert-OH is 1. The van der Waals surface area contributed by atoms with E-state index in [4.69, 9.17) is 4.74 Å². The number of rotatable bonds is 6. The van der Waals surface area contributed by atoms with Crippen molar-refractivity contribution >= 4 is 6.47 Å². The number of piperidine rings is 1. The number of aliphatic hydroxyl groups is 1. The molecule has 0 amide bonds. The van der Waals surface area contributed by atoms with Crippen LogP contribution < -0.4 is 0 Å². The van der Waals surface area contributed by atoms with Crippen molar-refractivity contribution in [1.29, 1.82) is 0 Å². The van der Waals surface area contributed by atoms with E-state index in [0.717, 1.165) is 37.3 Å². The van der Waals surface area contributed by atoms with Gasteiger partial charge in [0.25, 0.3) is 6.47 Å². The van der Waals surface area contributed by atoms with Crippen LogP contribution >= 0.6 is 0 Å². The molecule has 2 heterocycles. The summed E-state index contributed by atoms with van der Waals surface area (Å²) in [6, 6.07) is 1.85. The lowest BCUT2D eigenvalue weighted by molar-refractivity contribution is -0.130. The first kappa shape index (κ1) is 14.9. The maximum atomic E-state index is 10.5. The van der Waals surface area contributed by atoms with Gasteiger partial charge < -0.3 is 9.84 Å². The highest BCUT2D eigenvalue weighted by atomic mass is 16.5. The van der Waals surface area contributed by atoms with Gasteiger partial charge in [-0.3, -0.25) is 9.69 Å². The molecule has 6 nitrogen and oxygen atoms in total. The Morgan fingerprint density at radius 2 is 2.45 bits per heavy atom. The zero-order chi connectivity index (χ0) is 14.4. The lowest BCUT2D eigenvalue weighted by Gasteiger charge is -2.37. The van der Waals surface area contributed by atoms with E-state index in [1.807, 2.05) is 13.0 Å². The highest BCUT2D eigenvalue weighted by Crippen LogP contribution is 2.26. The van der Waals surface area contributed by atoms with Gasteiger partial charge in [0.05, 0.1) is 11.7 Å². The summed E-state index contributed by atoms with van der Waals surface area (Å²) < 4.78 is 4.97. The van der Waals surface area contributed by atoms with Crippen molar-refractivity contribution in [2.45, 2.75) is 25.8 Å². The molecule has 0 radical (unpaired) electrons. The number of likely N-dealkylation sites (tertiary alicyclic amines) is 1. The zero-order valence-electron chi connectivity index (χ0n) is 11.7. The average molecular weight is 279 g/mol. The number of nitrogens with zero attached hydrogens (tertiary/aromatic N) is 3. The Morgan fingerprint density at radius 1 is 1.60 bits per heavy atom. The molecule has 0 aromatic carbocycles. The highest BCUT2D eigenvalue weighted by molar-refractivity contribution is 5.37. The summed E-state index contributed by atoms with van der Waals surface area (Å²) in [6.07, 6.45) is 3.61.